The highest BCUT2D eigenvalue weighted by atomic mass is 35.5. The standard InChI is InChI=1S/C14H9ClF2OS/c15-14(18)4-3-10-11(7-19-13(10)6-14)9-2-1-8(16)5-12(9)17/h1-6,18H,7H2. The summed E-state index contributed by atoms with van der Waals surface area (Å²) in [6, 6.07) is 3.55. The van der Waals surface area contributed by atoms with Gasteiger partial charge in [-0.05, 0) is 35.4 Å². The number of hydrogen-bond acceptors (Lipinski definition) is 2. The fourth-order valence-corrected chi connectivity index (χ4v) is 3.60. The molecule has 19 heavy (non-hydrogen) atoms. The summed E-state index contributed by atoms with van der Waals surface area (Å²) in [6.07, 6.45) is 4.66. The van der Waals surface area contributed by atoms with Crippen molar-refractivity contribution in [2.45, 2.75) is 5.06 Å². The highest BCUT2D eigenvalue weighted by Gasteiger charge is 2.29. The second-order valence-corrected chi connectivity index (χ2v) is 6.00. The van der Waals surface area contributed by atoms with Gasteiger partial charge in [-0.2, -0.15) is 0 Å². The Morgan fingerprint density at radius 2 is 2.11 bits per heavy atom. The smallest absolute Gasteiger partial charge is 0.178 e. The van der Waals surface area contributed by atoms with E-state index in [-0.39, 0.29) is 0 Å². The van der Waals surface area contributed by atoms with Gasteiger partial charge in [-0.25, -0.2) is 8.78 Å². The molecule has 1 aliphatic carbocycles. The predicted octanol–water partition coefficient (Wildman–Crippen LogP) is 3.85. The molecule has 1 nitrogen and oxygen atoms in total. The van der Waals surface area contributed by atoms with E-state index in [9.17, 15) is 13.9 Å². The summed E-state index contributed by atoms with van der Waals surface area (Å²) in [4.78, 5) is 0.818. The van der Waals surface area contributed by atoms with Gasteiger partial charge in [0.2, 0.25) is 0 Å². The summed E-state index contributed by atoms with van der Waals surface area (Å²) >= 11 is 7.29. The number of alkyl halides is 1. The molecule has 0 fully saturated rings. The first-order valence-corrected chi connectivity index (χ1v) is 6.98. The highest BCUT2D eigenvalue weighted by molar-refractivity contribution is 8.04. The lowest BCUT2D eigenvalue weighted by molar-refractivity contribution is 0.229. The lowest BCUT2D eigenvalue weighted by Gasteiger charge is -2.17. The van der Waals surface area contributed by atoms with Gasteiger partial charge in [0.15, 0.2) is 5.06 Å². The number of aliphatic hydroxyl groups is 1. The number of benzene rings is 1. The number of fused-ring (bicyclic) bond motifs is 1. The van der Waals surface area contributed by atoms with Crippen LogP contribution in [0.1, 0.15) is 5.56 Å². The summed E-state index contributed by atoms with van der Waals surface area (Å²) in [5, 5.41) is 8.23. The molecule has 1 heterocycles. The van der Waals surface area contributed by atoms with Crippen molar-refractivity contribution in [2.24, 2.45) is 0 Å². The number of thioether (sulfide) groups is 1. The first-order chi connectivity index (χ1) is 8.96. The van der Waals surface area contributed by atoms with Gasteiger partial charge < -0.3 is 5.11 Å². The Hall–Kier alpha value is -1.10. The Labute approximate surface area is 118 Å². The van der Waals surface area contributed by atoms with Crippen LogP contribution in [0.15, 0.2) is 46.9 Å². The molecule has 0 radical (unpaired) electrons. The van der Waals surface area contributed by atoms with Crippen molar-refractivity contribution in [3.8, 4) is 0 Å². The van der Waals surface area contributed by atoms with Crippen molar-refractivity contribution in [3.05, 3.63) is 64.1 Å². The van der Waals surface area contributed by atoms with Gasteiger partial charge in [0.1, 0.15) is 11.6 Å². The average Bonchev–Trinajstić information content (AvgIpc) is 2.70. The molecule has 0 spiro atoms. The van der Waals surface area contributed by atoms with Gasteiger partial charge in [-0.1, -0.05) is 17.7 Å². The molecule has 1 atom stereocenters. The van der Waals surface area contributed by atoms with Crippen LogP contribution < -0.4 is 0 Å². The van der Waals surface area contributed by atoms with E-state index < -0.39 is 16.7 Å². The quantitative estimate of drug-likeness (QED) is 0.795. The van der Waals surface area contributed by atoms with E-state index in [2.05, 4.69) is 0 Å². The van der Waals surface area contributed by atoms with Crippen LogP contribution in [0.5, 0.6) is 0 Å². The number of allylic oxidation sites excluding steroid dienone is 2. The lowest BCUT2D eigenvalue weighted by Crippen LogP contribution is -2.16. The summed E-state index contributed by atoms with van der Waals surface area (Å²) in [5.74, 6) is -0.604. The monoisotopic (exact) mass is 298 g/mol. The van der Waals surface area contributed by atoms with Gasteiger partial charge in [0, 0.05) is 22.3 Å². The van der Waals surface area contributed by atoms with Crippen LogP contribution in [-0.4, -0.2) is 15.9 Å². The zero-order chi connectivity index (χ0) is 13.6. The molecule has 1 N–H and O–H groups in total. The topological polar surface area (TPSA) is 20.2 Å². The van der Waals surface area contributed by atoms with Gasteiger partial charge in [-0.3, -0.25) is 0 Å². The zero-order valence-corrected chi connectivity index (χ0v) is 11.2. The molecule has 3 rings (SSSR count). The lowest BCUT2D eigenvalue weighted by atomic mass is 9.97. The van der Waals surface area contributed by atoms with Gasteiger partial charge >= 0.3 is 0 Å². The molecular formula is C14H9ClF2OS. The van der Waals surface area contributed by atoms with Crippen LogP contribution in [-0.2, 0) is 0 Å². The largest absolute Gasteiger partial charge is 0.368 e. The third-order valence-corrected chi connectivity index (χ3v) is 4.35. The average molecular weight is 299 g/mol. The Morgan fingerprint density at radius 3 is 2.84 bits per heavy atom. The zero-order valence-electron chi connectivity index (χ0n) is 9.66. The molecule has 2 aliphatic rings. The summed E-state index contributed by atoms with van der Waals surface area (Å²) < 4.78 is 26.7. The van der Waals surface area contributed by atoms with E-state index in [1.807, 2.05) is 0 Å². The Balaban J connectivity index is 2.10. The first kappa shape index (κ1) is 12.9. The van der Waals surface area contributed by atoms with Crippen molar-refractivity contribution in [3.63, 3.8) is 0 Å². The van der Waals surface area contributed by atoms with Gasteiger partial charge in [0.25, 0.3) is 0 Å². The highest BCUT2D eigenvalue weighted by Crippen LogP contribution is 2.45. The maximum Gasteiger partial charge on any atom is 0.178 e. The molecule has 1 aliphatic heterocycles. The van der Waals surface area contributed by atoms with Crippen LogP contribution in [0.3, 0.4) is 0 Å². The van der Waals surface area contributed by atoms with Crippen LogP contribution in [0.25, 0.3) is 5.57 Å². The van der Waals surface area contributed by atoms with E-state index >= 15 is 0 Å². The fraction of sp³-hybridized carbons (Fsp3) is 0.143. The molecule has 0 saturated heterocycles. The minimum atomic E-state index is -1.48. The molecule has 1 unspecified atom stereocenters. The fourth-order valence-electron chi connectivity index (χ4n) is 2.15. The Bertz CT molecular complexity index is 647. The molecule has 1 aromatic carbocycles. The number of halogens is 3. The van der Waals surface area contributed by atoms with E-state index in [0.29, 0.717) is 11.3 Å². The summed E-state index contributed by atoms with van der Waals surface area (Å²) in [7, 11) is 0. The minimum Gasteiger partial charge on any atom is -0.368 e. The Kier molecular flexibility index (Phi) is 3.04. The van der Waals surface area contributed by atoms with E-state index in [1.165, 1.54) is 36.0 Å². The number of hydrogen-bond donors (Lipinski definition) is 1. The third kappa shape index (κ3) is 2.36. The van der Waals surface area contributed by atoms with E-state index in [1.54, 1.807) is 6.08 Å². The van der Waals surface area contributed by atoms with Crippen molar-refractivity contribution in [1.82, 2.24) is 0 Å². The second kappa shape index (κ2) is 4.47. The molecule has 98 valence electrons. The number of rotatable bonds is 1. The minimum absolute atomic E-state index is 0.386. The van der Waals surface area contributed by atoms with Crippen molar-refractivity contribution in [1.29, 1.82) is 0 Å². The van der Waals surface area contributed by atoms with Gasteiger partial charge in [0.05, 0.1) is 0 Å². The summed E-state index contributed by atoms with van der Waals surface area (Å²) in [5.41, 5.74) is 2.01. The second-order valence-electron chi connectivity index (χ2n) is 4.37. The molecule has 1 aromatic rings. The molecule has 0 aromatic heterocycles. The maximum atomic E-state index is 13.8. The first-order valence-electron chi connectivity index (χ1n) is 5.61. The molecule has 0 amide bonds. The SMILES string of the molecule is OC1(Cl)C=CC2=C(c3ccc(F)cc3F)CSC2=C1. The van der Waals surface area contributed by atoms with Crippen LogP contribution in [0.4, 0.5) is 8.78 Å². The van der Waals surface area contributed by atoms with Crippen molar-refractivity contribution < 1.29 is 13.9 Å². The Morgan fingerprint density at radius 1 is 1.32 bits per heavy atom. The van der Waals surface area contributed by atoms with Crippen LogP contribution in [0, 0.1) is 11.6 Å². The normalized spacial score (nSPS) is 25.6. The molecule has 5 heteroatoms. The maximum absolute atomic E-state index is 13.8. The molecule has 0 saturated carbocycles. The van der Waals surface area contributed by atoms with E-state index in [4.69, 9.17) is 11.6 Å². The molecular weight excluding hydrogens is 290 g/mol. The van der Waals surface area contributed by atoms with E-state index in [0.717, 1.165) is 22.1 Å². The third-order valence-electron chi connectivity index (χ3n) is 3.04. The van der Waals surface area contributed by atoms with Gasteiger partial charge in [-0.15, -0.1) is 11.8 Å². The van der Waals surface area contributed by atoms with Crippen molar-refractivity contribution >= 4 is 28.9 Å². The van der Waals surface area contributed by atoms with Crippen LogP contribution in [0.2, 0.25) is 0 Å². The van der Waals surface area contributed by atoms with Crippen molar-refractivity contribution in [2.75, 3.05) is 5.75 Å². The predicted molar refractivity (Wildman–Crippen MR) is 73.8 cm³/mol. The van der Waals surface area contributed by atoms with Crippen LogP contribution >= 0.6 is 23.4 Å². The molecule has 0 bridgehead atoms. The summed E-state index contributed by atoms with van der Waals surface area (Å²) in [6.45, 7) is 0.